The summed E-state index contributed by atoms with van der Waals surface area (Å²) in [4.78, 5) is 15.9. The van der Waals surface area contributed by atoms with E-state index in [-0.39, 0.29) is 11.2 Å². The van der Waals surface area contributed by atoms with Gasteiger partial charge in [-0.2, -0.15) is 5.10 Å². The number of carbonyl (C=O) groups is 1. The fraction of sp³-hybridized carbons (Fsp3) is 0.467. The van der Waals surface area contributed by atoms with Gasteiger partial charge >= 0.3 is 0 Å². The highest BCUT2D eigenvalue weighted by molar-refractivity contribution is 8.00. The number of nitrogens with zero attached hydrogens (tertiary/aromatic N) is 3. The van der Waals surface area contributed by atoms with E-state index in [2.05, 4.69) is 29.5 Å². The topological polar surface area (TPSA) is 38.1 Å². The van der Waals surface area contributed by atoms with Gasteiger partial charge in [0.05, 0.1) is 17.1 Å². The molecule has 0 unspecified atom stereocenters. The van der Waals surface area contributed by atoms with E-state index in [0.29, 0.717) is 5.25 Å². The number of hydrogen-bond donors (Lipinski definition) is 0. The molecule has 0 bridgehead atoms. The zero-order valence-electron chi connectivity index (χ0n) is 12.2. The number of aryl methyl sites for hydroxylation is 1. The standard InChI is InChI=1S/C15H19N3OS2/c1-11(13-6-4-8-20-13)21-14-5-3-7-18(15(14)19)12-9-16-17(2)10-12/h4,6,8-11,14H,3,5,7H2,1-2H3/t11-,14+/m1/s1. The van der Waals surface area contributed by atoms with Crippen LogP contribution in [0.15, 0.2) is 29.9 Å². The van der Waals surface area contributed by atoms with Gasteiger partial charge < -0.3 is 4.90 Å². The van der Waals surface area contributed by atoms with Crippen molar-refractivity contribution >= 4 is 34.7 Å². The van der Waals surface area contributed by atoms with E-state index in [0.717, 1.165) is 25.1 Å². The predicted octanol–water partition coefficient (Wildman–Crippen LogP) is 3.47. The molecule has 6 heteroatoms. The first kappa shape index (κ1) is 14.7. The average molecular weight is 321 g/mol. The Labute approximate surface area is 133 Å². The number of hydrogen-bond acceptors (Lipinski definition) is 4. The Morgan fingerprint density at radius 1 is 1.52 bits per heavy atom. The lowest BCUT2D eigenvalue weighted by Crippen LogP contribution is -2.43. The molecule has 1 fully saturated rings. The minimum atomic E-state index is 0.0519. The first-order valence-corrected chi connectivity index (χ1v) is 8.96. The molecule has 2 aromatic heterocycles. The number of anilines is 1. The summed E-state index contributed by atoms with van der Waals surface area (Å²) >= 11 is 3.55. The van der Waals surface area contributed by atoms with Gasteiger partial charge in [-0.05, 0) is 31.2 Å². The molecule has 0 spiro atoms. The van der Waals surface area contributed by atoms with Crippen LogP contribution in [0.5, 0.6) is 0 Å². The summed E-state index contributed by atoms with van der Waals surface area (Å²) < 4.78 is 1.74. The number of thioether (sulfide) groups is 1. The molecule has 3 heterocycles. The van der Waals surface area contributed by atoms with E-state index in [1.165, 1.54) is 4.88 Å². The molecular weight excluding hydrogens is 302 g/mol. The molecule has 0 saturated carbocycles. The fourth-order valence-corrected chi connectivity index (χ4v) is 4.86. The summed E-state index contributed by atoms with van der Waals surface area (Å²) in [5, 5.41) is 6.69. The van der Waals surface area contributed by atoms with Crippen LogP contribution in [0.4, 0.5) is 5.69 Å². The Morgan fingerprint density at radius 3 is 3.05 bits per heavy atom. The smallest absolute Gasteiger partial charge is 0.240 e. The highest BCUT2D eigenvalue weighted by Gasteiger charge is 2.32. The lowest BCUT2D eigenvalue weighted by Gasteiger charge is -2.32. The van der Waals surface area contributed by atoms with Crippen molar-refractivity contribution in [2.75, 3.05) is 11.4 Å². The number of aromatic nitrogens is 2. The van der Waals surface area contributed by atoms with E-state index >= 15 is 0 Å². The third-order valence-electron chi connectivity index (χ3n) is 3.70. The molecule has 0 aromatic carbocycles. The second kappa shape index (κ2) is 6.23. The summed E-state index contributed by atoms with van der Waals surface area (Å²) in [6.07, 6.45) is 5.70. The molecule has 0 radical (unpaired) electrons. The molecule has 0 aliphatic carbocycles. The van der Waals surface area contributed by atoms with Crippen LogP contribution in [-0.2, 0) is 11.8 Å². The van der Waals surface area contributed by atoms with Gasteiger partial charge in [-0.1, -0.05) is 6.07 Å². The fourth-order valence-electron chi connectivity index (χ4n) is 2.61. The largest absolute Gasteiger partial charge is 0.309 e. The van der Waals surface area contributed by atoms with Gasteiger partial charge in [0.25, 0.3) is 0 Å². The van der Waals surface area contributed by atoms with Gasteiger partial charge in [0, 0.05) is 29.9 Å². The zero-order valence-corrected chi connectivity index (χ0v) is 13.9. The van der Waals surface area contributed by atoms with Crippen LogP contribution in [0.3, 0.4) is 0 Å². The van der Waals surface area contributed by atoms with Gasteiger partial charge in [-0.3, -0.25) is 9.48 Å². The van der Waals surface area contributed by atoms with E-state index in [9.17, 15) is 4.79 Å². The second-order valence-corrected chi connectivity index (χ2v) is 7.81. The molecule has 1 amide bonds. The number of amides is 1. The number of piperidine rings is 1. The monoisotopic (exact) mass is 321 g/mol. The molecule has 4 nitrogen and oxygen atoms in total. The maximum Gasteiger partial charge on any atom is 0.240 e. The van der Waals surface area contributed by atoms with Gasteiger partial charge in [0.1, 0.15) is 0 Å². The second-order valence-electron chi connectivity index (χ2n) is 5.29. The first-order chi connectivity index (χ1) is 10.1. The van der Waals surface area contributed by atoms with Crippen LogP contribution < -0.4 is 4.90 Å². The Kier molecular flexibility index (Phi) is 4.35. The van der Waals surface area contributed by atoms with Crippen LogP contribution >= 0.6 is 23.1 Å². The molecule has 2 aromatic rings. The van der Waals surface area contributed by atoms with Crippen LogP contribution in [-0.4, -0.2) is 27.5 Å². The molecule has 21 heavy (non-hydrogen) atoms. The summed E-state index contributed by atoms with van der Waals surface area (Å²) in [5.41, 5.74) is 0.913. The van der Waals surface area contributed by atoms with Gasteiger partial charge in [0.2, 0.25) is 5.91 Å². The zero-order chi connectivity index (χ0) is 14.8. The van der Waals surface area contributed by atoms with Crippen LogP contribution in [0, 0.1) is 0 Å². The van der Waals surface area contributed by atoms with Crippen molar-refractivity contribution in [3.63, 3.8) is 0 Å². The highest BCUT2D eigenvalue weighted by atomic mass is 32.2. The quantitative estimate of drug-likeness (QED) is 0.865. The van der Waals surface area contributed by atoms with Crippen LogP contribution in [0.1, 0.15) is 29.9 Å². The molecule has 2 atom stereocenters. The van der Waals surface area contributed by atoms with E-state index in [1.807, 2.05) is 18.1 Å². The molecule has 0 N–H and O–H groups in total. The van der Waals surface area contributed by atoms with Crippen molar-refractivity contribution in [1.82, 2.24) is 9.78 Å². The summed E-state index contributed by atoms with van der Waals surface area (Å²) in [6, 6.07) is 4.22. The molecule has 1 saturated heterocycles. The van der Waals surface area contributed by atoms with E-state index < -0.39 is 0 Å². The molecular formula is C15H19N3OS2. The lowest BCUT2D eigenvalue weighted by atomic mass is 10.1. The Hall–Kier alpha value is -1.27. The first-order valence-electron chi connectivity index (χ1n) is 7.14. The van der Waals surface area contributed by atoms with E-state index in [4.69, 9.17) is 0 Å². The number of thiophene rings is 1. The molecule has 3 rings (SSSR count). The lowest BCUT2D eigenvalue weighted by molar-refractivity contribution is -0.119. The minimum Gasteiger partial charge on any atom is -0.309 e. The molecule has 1 aliphatic rings. The highest BCUT2D eigenvalue weighted by Crippen LogP contribution is 2.38. The minimum absolute atomic E-state index is 0.0519. The Morgan fingerprint density at radius 2 is 2.38 bits per heavy atom. The van der Waals surface area contributed by atoms with Gasteiger partial charge in [-0.25, -0.2) is 0 Å². The predicted molar refractivity (Wildman–Crippen MR) is 88.9 cm³/mol. The van der Waals surface area contributed by atoms with Crippen LogP contribution in [0.2, 0.25) is 0 Å². The number of carbonyl (C=O) groups excluding carboxylic acids is 1. The Balaban J connectivity index is 1.70. The van der Waals surface area contributed by atoms with Crippen molar-refractivity contribution in [2.24, 2.45) is 7.05 Å². The van der Waals surface area contributed by atoms with Crippen molar-refractivity contribution in [2.45, 2.75) is 30.3 Å². The maximum atomic E-state index is 12.7. The SMILES string of the molecule is C[C@@H](S[C@H]1CCCN(c2cnn(C)c2)C1=O)c1cccs1. The Bertz CT molecular complexity index is 608. The van der Waals surface area contributed by atoms with Crippen molar-refractivity contribution < 1.29 is 4.79 Å². The van der Waals surface area contributed by atoms with E-state index in [1.54, 1.807) is 34.0 Å². The van der Waals surface area contributed by atoms with Crippen molar-refractivity contribution in [3.05, 3.63) is 34.8 Å². The summed E-state index contributed by atoms with van der Waals surface area (Å²) in [5.74, 6) is 0.225. The molecule has 112 valence electrons. The summed E-state index contributed by atoms with van der Waals surface area (Å²) in [7, 11) is 1.88. The normalized spacial score (nSPS) is 20.8. The third-order valence-corrected chi connectivity index (χ3v) is 6.34. The van der Waals surface area contributed by atoms with Crippen LogP contribution in [0.25, 0.3) is 0 Å². The summed E-state index contributed by atoms with van der Waals surface area (Å²) in [6.45, 7) is 2.99. The van der Waals surface area contributed by atoms with Crippen molar-refractivity contribution in [1.29, 1.82) is 0 Å². The maximum absolute atomic E-state index is 12.7. The van der Waals surface area contributed by atoms with Crippen molar-refractivity contribution in [3.8, 4) is 0 Å². The third kappa shape index (κ3) is 3.16. The molecule has 1 aliphatic heterocycles. The average Bonchev–Trinajstić information content (AvgIpc) is 3.12. The van der Waals surface area contributed by atoms with Gasteiger partial charge in [-0.15, -0.1) is 23.1 Å². The van der Waals surface area contributed by atoms with Gasteiger partial charge in [0.15, 0.2) is 0 Å². The number of rotatable bonds is 4.